The second-order valence-corrected chi connectivity index (χ2v) is 10.1. The molecule has 11 heteroatoms. The van der Waals surface area contributed by atoms with Gasteiger partial charge in [0.25, 0.3) is 15.9 Å². The van der Waals surface area contributed by atoms with E-state index in [0.29, 0.717) is 31.0 Å². The summed E-state index contributed by atoms with van der Waals surface area (Å²) in [6.07, 6.45) is 6.59. The van der Waals surface area contributed by atoms with Crippen molar-refractivity contribution in [3.63, 3.8) is 0 Å². The predicted molar refractivity (Wildman–Crippen MR) is 117 cm³/mol. The first-order valence-electron chi connectivity index (χ1n) is 9.96. The quantitative estimate of drug-likeness (QED) is 0.684. The van der Waals surface area contributed by atoms with Crippen LogP contribution in [0.15, 0.2) is 56.5 Å². The van der Waals surface area contributed by atoms with E-state index in [9.17, 15) is 13.2 Å². The van der Waals surface area contributed by atoms with Gasteiger partial charge in [0, 0.05) is 50.8 Å². The van der Waals surface area contributed by atoms with Crippen LogP contribution in [0, 0.1) is 0 Å². The van der Waals surface area contributed by atoms with Crippen LogP contribution >= 0.6 is 11.3 Å². The summed E-state index contributed by atoms with van der Waals surface area (Å²) in [7, 11) is -3.40. The summed E-state index contributed by atoms with van der Waals surface area (Å²) in [5, 5.41) is 2.92. The maximum atomic E-state index is 12.9. The Bertz CT molecular complexity index is 1170. The highest BCUT2D eigenvalue weighted by Crippen LogP contribution is 2.25. The first kappa shape index (κ1) is 20.2. The summed E-state index contributed by atoms with van der Waals surface area (Å²) in [6, 6.07) is 3.75. The largest absolute Gasteiger partial charge is 0.462 e. The van der Waals surface area contributed by atoms with E-state index in [4.69, 9.17) is 4.42 Å². The zero-order valence-electron chi connectivity index (χ0n) is 16.7. The van der Waals surface area contributed by atoms with Crippen LogP contribution in [-0.2, 0) is 21.4 Å². The molecule has 5 rings (SSSR count). The van der Waals surface area contributed by atoms with E-state index >= 15 is 0 Å². The van der Waals surface area contributed by atoms with Crippen LogP contribution in [-0.4, -0.2) is 78.3 Å². The number of carbonyl (C=O) groups is 1. The lowest BCUT2D eigenvalue weighted by Gasteiger charge is -2.35. The van der Waals surface area contributed by atoms with E-state index in [0.717, 1.165) is 36.1 Å². The van der Waals surface area contributed by atoms with E-state index < -0.39 is 10.0 Å². The van der Waals surface area contributed by atoms with Crippen molar-refractivity contribution in [3.8, 4) is 10.8 Å². The smallest absolute Gasteiger partial charge is 0.256 e. The second kappa shape index (κ2) is 8.06. The standard InChI is InChI=1S/C20H21N5O4S2/c26-20(15-3-4-18-22-31(27,28)11-9-25(18)12-15)24-7-5-23(6-8-24)13-16-14-30-19(21-16)17-2-1-10-29-17/h1-4,10,12,14H,5-9,11,13H2. The number of sulfonamides is 1. The van der Waals surface area contributed by atoms with Crippen LogP contribution in [0.25, 0.3) is 10.8 Å². The molecule has 162 valence electrons. The Morgan fingerprint density at radius 2 is 2.00 bits per heavy atom. The van der Waals surface area contributed by atoms with Crippen molar-refractivity contribution in [2.45, 2.75) is 6.54 Å². The maximum absolute atomic E-state index is 12.9. The number of fused-ring (bicyclic) bond motifs is 1. The van der Waals surface area contributed by atoms with Crippen LogP contribution in [0.4, 0.5) is 0 Å². The van der Waals surface area contributed by atoms with Crippen molar-refractivity contribution in [1.82, 2.24) is 19.7 Å². The molecule has 0 unspecified atom stereocenters. The van der Waals surface area contributed by atoms with Crippen LogP contribution in [0.5, 0.6) is 0 Å². The number of carbonyl (C=O) groups excluding carboxylic acids is 1. The lowest BCUT2D eigenvalue weighted by molar-refractivity contribution is -0.128. The minimum absolute atomic E-state index is 0.0424. The van der Waals surface area contributed by atoms with Crippen molar-refractivity contribution in [2.75, 3.05) is 38.5 Å². The van der Waals surface area contributed by atoms with Gasteiger partial charge >= 0.3 is 0 Å². The summed E-state index contributed by atoms with van der Waals surface area (Å²) >= 11 is 1.57. The minimum atomic E-state index is -3.40. The third-order valence-electron chi connectivity index (χ3n) is 5.40. The average molecular weight is 460 g/mol. The Balaban J connectivity index is 1.17. The molecule has 0 saturated carbocycles. The summed E-state index contributed by atoms with van der Waals surface area (Å²) < 4.78 is 32.4. The number of hydrogen-bond acceptors (Lipinski definition) is 8. The van der Waals surface area contributed by atoms with Crippen molar-refractivity contribution in [3.05, 3.63) is 53.4 Å². The molecular formula is C20H21N5O4S2. The average Bonchev–Trinajstić information content (AvgIpc) is 3.45. The molecule has 0 bridgehead atoms. The Kier molecular flexibility index (Phi) is 5.24. The summed E-state index contributed by atoms with van der Waals surface area (Å²) in [4.78, 5) is 23.4. The number of thiazole rings is 1. The zero-order chi connectivity index (χ0) is 21.4. The maximum Gasteiger partial charge on any atom is 0.256 e. The van der Waals surface area contributed by atoms with E-state index in [-0.39, 0.29) is 11.7 Å². The van der Waals surface area contributed by atoms with Crippen molar-refractivity contribution in [2.24, 2.45) is 4.40 Å². The van der Waals surface area contributed by atoms with Gasteiger partial charge in [-0.15, -0.1) is 15.7 Å². The van der Waals surface area contributed by atoms with Gasteiger partial charge in [-0.2, -0.15) is 0 Å². The van der Waals surface area contributed by atoms with Gasteiger partial charge in [-0.05, 0) is 24.3 Å². The molecule has 0 N–H and O–H groups in total. The highest BCUT2D eigenvalue weighted by molar-refractivity contribution is 7.90. The third-order valence-corrected chi connectivity index (χ3v) is 7.47. The van der Waals surface area contributed by atoms with Crippen LogP contribution in [0.2, 0.25) is 0 Å². The van der Waals surface area contributed by atoms with Crippen LogP contribution in [0.3, 0.4) is 0 Å². The highest BCUT2D eigenvalue weighted by atomic mass is 32.2. The van der Waals surface area contributed by atoms with Crippen LogP contribution in [0.1, 0.15) is 5.69 Å². The second-order valence-electron chi connectivity index (χ2n) is 7.54. The first-order valence-corrected chi connectivity index (χ1v) is 12.4. The summed E-state index contributed by atoms with van der Waals surface area (Å²) in [5.41, 5.74) is 1.55. The molecule has 3 aliphatic heterocycles. The zero-order valence-corrected chi connectivity index (χ0v) is 18.3. The van der Waals surface area contributed by atoms with Gasteiger partial charge in [0.05, 0.1) is 23.3 Å². The fourth-order valence-electron chi connectivity index (χ4n) is 3.74. The molecule has 0 spiro atoms. The number of rotatable bonds is 4. The molecule has 2 aromatic heterocycles. The van der Waals surface area contributed by atoms with Gasteiger partial charge in [0.1, 0.15) is 5.84 Å². The van der Waals surface area contributed by atoms with Gasteiger partial charge in [-0.25, -0.2) is 13.4 Å². The van der Waals surface area contributed by atoms with Crippen molar-refractivity contribution >= 4 is 33.1 Å². The number of piperazine rings is 1. The predicted octanol–water partition coefficient (Wildman–Crippen LogP) is 1.54. The van der Waals surface area contributed by atoms with Crippen LogP contribution < -0.4 is 0 Å². The summed E-state index contributed by atoms with van der Waals surface area (Å²) in [5.74, 6) is 1.06. The number of amides is 1. The minimum Gasteiger partial charge on any atom is -0.462 e. The van der Waals surface area contributed by atoms with E-state index in [1.165, 1.54) is 0 Å². The molecule has 5 heterocycles. The molecule has 31 heavy (non-hydrogen) atoms. The van der Waals surface area contributed by atoms with Gasteiger partial charge < -0.3 is 14.2 Å². The number of aromatic nitrogens is 1. The topological polar surface area (TPSA) is 99.3 Å². The molecule has 3 aliphatic rings. The Hall–Kier alpha value is -2.76. The number of furan rings is 1. The van der Waals surface area contributed by atoms with Gasteiger partial charge in [0.2, 0.25) is 0 Å². The fourth-order valence-corrected chi connectivity index (χ4v) is 5.49. The molecule has 0 aromatic carbocycles. The van der Waals surface area contributed by atoms with Crippen molar-refractivity contribution < 1.29 is 17.6 Å². The van der Waals surface area contributed by atoms with Gasteiger partial charge in [0.15, 0.2) is 10.8 Å². The molecule has 1 amide bonds. The van der Waals surface area contributed by atoms with E-state index in [2.05, 4.69) is 14.3 Å². The lowest BCUT2D eigenvalue weighted by atomic mass is 10.1. The normalized spacial score (nSPS) is 20.9. The number of amidine groups is 1. The van der Waals surface area contributed by atoms with Gasteiger partial charge in [-0.1, -0.05) is 0 Å². The molecule has 2 aromatic rings. The van der Waals surface area contributed by atoms with Gasteiger partial charge in [-0.3, -0.25) is 9.69 Å². The Morgan fingerprint density at radius 3 is 2.77 bits per heavy atom. The molecule has 0 radical (unpaired) electrons. The molecule has 1 fully saturated rings. The van der Waals surface area contributed by atoms with E-state index in [1.807, 2.05) is 22.4 Å². The highest BCUT2D eigenvalue weighted by Gasteiger charge is 2.28. The molecule has 0 aliphatic carbocycles. The third kappa shape index (κ3) is 4.34. The number of hydrogen-bond donors (Lipinski definition) is 0. The monoisotopic (exact) mass is 459 g/mol. The van der Waals surface area contributed by atoms with Crippen molar-refractivity contribution in [1.29, 1.82) is 0 Å². The Labute approximate surface area is 184 Å². The molecule has 1 saturated heterocycles. The number of nitrogens with zero attached hydrogens (tertiary/aromatic N) is 5. The first-order chi connectivity index (χ1) is 15.0. The Morgan fingerprint density at radius 1 is 1.16 bits per heavy atom. The fraction of sp³-hybridized carbons (Fsp3) is 0.350. The summed E-state index contributed by atoms with van der Waals surface area (Å²) in [6.45, 7) is 3.85. The molecular weight excluding hydrogens is 438 g/mol. The lowest BCUT2D eigenvalue weighted by Crippen LogP contribution is -2.49. The molecule has 0 atom stereocenters. The van der Waals surface area contributed by atoms with E-state index in [1.54, 1.807) is 40.9 Å². The molecule has 9 nitrogen and oxygen atoms in total. The SMILES string of the molecule is O=C(C1=CN2CCS(=O)(=O)N=C2C=C1)N1CCN(Cc2csc(-c3ccco3)n2)CC1.